The Kier molecular flexibility index (Phi) is 5.02. The summed E-state index contributed by atoms with van der Waals surface area (Å²) in [5.74, 6) is -0.0263. The third-order valence-electron chi connectivity index (χ3n) is 5.53. The van der Waals surface area contributed by atoms with Crippen molar-refractivity contribution in [1.82, 2.24) is 0 Å². The number of benzene rings is 2. The van der Waals surface area contributed by atoms with Crippen molar-refractivity contribution >= 4 is 33.0 Å². The SMILES string of the molecule is CN1C(=O)Cc2cc(S(=O)(=O)Nc3ccc(N4CCCCCC4)cc3)ccc21. The Hall–Kier alpha value is -2.54. The molecule has 1 saturated heterocycles. The van der Waals surface area contributed by atoms with E-state index in [1.165, 1.54) is 25.7 Å². The van der Waals surface area contributed by atoms with Gasteiger partial charge in [-0.2, -0.15) is 0 Å². The third-order valence-corrected chi connectivity index (χ3v) is 6.91. The van der Waals surface area contributed by atoms with Gasteiger partial charge in [0.2, 0.25) is 5.91 Å². The van der Waals surface area contributed by atoms with Crippen LogP contribution in [0, 0.1) is 0 Å². The standard InChI is InChI=1S/C21H25N3O3S/c1-23-20-11-10-19(14-16(20)15-21(23)25)28(26,27)22-17-6-8-18(9-7-17)24-12-4-2-3-5-13-24/h6-11,14,22H,2-5,12-13,15H2,1H3. The number of nitrogens with zero attached hydrogens (tertiary/aromatic N) is 2. The van der Waals surface area contributed by atoms with Crippen molar-refractivity contribution in [2.24, 2.45) is 0 Å². The lowest BCUT2D eigenvalue weighted by atomic mass is 10.2. The molecule has 0 saturated carbocycles. The van der Waals surface area contributed by atoms with Crippen molar-refractivity contribution in [3.63, 3.8) is 0 Å². The highest BCUT2D eigenvalue weighted by atomic mass is 32.2. The summed E-state index contributed by atoms with van der Waals surface area (Å²) in [5, 5.41) is 0. The summed E-state index contributed by atoms with van der Waals surface area (Å²) in [7, 11) is -2.01. The molecule has 28 heavy (non-hydrogen) atoms. The maximum atomic E-state index is 12.8. The first-order valence-corrected chi connectivity index (χ1v) is 11.2. The van der Waals surface area contributed by atoms with Crippen molar-refractivity contribution < 1.29 is 13.2 Å². The van der Waals surface area contributed by atoms with Gasteiger partial charge in [-0.1, -0.05) is 12.8 Å². The van der Waals surface area contributed by atoms with E-state index in [2.05, 4.69) is 9.62 Å². The molecule has 2 aromatic carbocycles. The molecule has 0 spiro atoms. The third kappa shape index (κ3) is 3.71. The number of carbonyl (C=O) groups excluding carboxylic acids is 1. The number of fused-ring (bicyclic) bond motifs is 1. The molecule has 0 radical (unpaired) electrons. The number of hydrogen-bond acceptors (Lipinski definition) is 4. The minimum absolute atomic E-state index is 0.0263. The van der Waals surface area contributed by atoms with E-state index >= 15 is 0 Å². The molecule has 2 aliphatic heterocycles. The van der Waals surface area contributed by atoms with Gasteiger partial charge in [-0.25, -0.2) is 8.42 Å². The van der Waals surface area contributed by atoms with Crippen molar-refractivity contribution in [3.8, 4) is 0 Å². The maximum Gasteiger partial charge on any atom is 0.261 e. The van der Waals surface area contributed by atoms with Crippen LogP contribution in [0.4, 0.5) is 17.1 Å². The Bertz CT molecular complexity index is 978. The van der Waals surface area contributed by atoms with E-state index in [-0.39, 0.29) is 17.2 Å². The largest absolute Gasteiger partial charge is 0.372 e. The predicted molar refractivity (Wildman–Crippen MR) is 111 cm³/mol. The molecule has 2 aromatic rings. The van der Waals surface area contributed by atoms with Crippen LogP contribution in [0.25, 0.3) is 0 Å². The van der Waals surface area contributed by atoms with E-state index in [1.807, 2.05) is 24.3 Å². The predicted octanol–water partition coefficient (Wildman–Crippen LogP) is 3.39. The van der Waals surface area contributed by atoms with E-state index in [1.54, 1.807) is 30.1 Å². The van der Waals surface area contributed by atoms with Crippen LogP contribution in [0.3, 0.4) is 0 Å². The van der Waals surface area contributed by atoms with Gasteiger partial charge >= 0.3 is 0 Å². The van der Waals surface area contributed by atoms with Crippen LogP contribution < -0.4 is 14.5 Å². The fourth-order valence-corrected chi connectivity index (χ4v) is 5.01. The van der Waals surface area contributed by atoms with Crippen LogP contribution in [0.15, 0.2) is 47.4 Å². The second-order valence-corrected chi connectivity index (χ2v) is 9.16. The molecule has 148 valence electrons. The summed E-state index contributed by atoms with van der Waals surface area (Å²) in [6.07, 6.45) is 5.18. The first-order valence-electron chi connectivity index (χ1n) is 9.71. The normalized spacial score (nSPS) is 17.4. The van der Waals surface area contributed by atoms with Gasteiger partial charge in [-0.3, -0.25) is 9.52 Å². The molecular formula is C21H25N3O3S. The Morgan fingerprint density at radius 1 is 0.929 bits per heavy atom. The van der Waals surface area contributed by atoms with Gasteiger partial charge in [0.1, 0.15) is 0 Å². The van der Waals surface area contributed by atoms with Crippen molar-refractivity contribution in [3.05, 3.63) is 48.0 Å². The molecule has 0 atom stereocenters. The van der Waals surface area contributed by atoms with Crippen LogP contribution >= 0.6 is 0 Å². The van der Waals surface area contributed by atoms with E-state index in [0.29, 0.717) is 5.69 Å². The molecule has 0 aliphatic carbocycles. The monoisotopic (exact) mass is 399 g/mol. The number of amides is 1. The number of anilines is 3. The van der Waals surface area contributed by atoms with Crippen LogP contribution in [0.1, 0.15) is 31.2 Å². The summed E-state index contributed by atoms with van der Waals surface area (Å²) in [6, 6.07) is 12.4. The van der Waals surface area contributed by atoms with Crippen molar-refractivity contribution in [1.29, 1.82) is 0 Å². The Labute approximate surface area is 166 Å². The zero-order valence-corrected chi connectivity index (χ0v) is 16.8. The number of nitrogens with one attached hydrogen (secondary N) is 1. The fourth-order valence-electron chi connectivity index (χ4n) is 3.90. The highest BCUT2D eigenvalue weighted by Gasteiger charge is 2.26. The minimum Gasteiger partial charge on any atom is -0.372 e. The van der Waals surface area contributed by atoms with E-state index < -0.39 is 10.0 Å². The molecule has 6 nitrogen and oxygen atoms in total. The quantitative estimate of drug-likeness (QED) is 0.856. The van der Waals surface area contributed by atoms with Gasteiger partial charge in [0, 0.05) is 37.2 Å². The first-order chi connectivity index (χ1) is 13.4. The molecule has 1 fully saturated rings. The highest BCUT2D eigenvalue weighted by molar-refractivity contribution is 7.92. The van der Waals surface area contributed by atoms with E-state index in [9.17, 15) is 13.2 Å². The molecule has 2 heterocycles. The number of hydrogen-bond donors (Lipinski definition) is 1. The molecule has 7 heteroatoms. The molecule has 4 rings (SSSR count). The summed E-state index contributed by atoms with van der Waals surface area (Å²) in [5.41, 5.74) is 3.17. The number of likely N-dealkylation sites (N-methyl/N-ethyl adjacent to an activating group) is 1. The summed E-state index contributed by atoms with van der Waals surface area (Å²) in [4.78, 5) is 15.9. The van der Waals surface area contributed by atoms with E-state index in [0.717, 1.165) is 30.0 Å². The summed E-state index contributed by atoms with van der Waals surface area (Å²) in [6.45, 7) is 2.10. The minimum atomic E-state index is -3.71. The second-order valence-electron chi connectivity index (χ2n) is 7.47. The summed E-state index contributed by atoms with van der Waals surface area (Å²) < 4.78 is 28.2. The molecular weight excluding hydrogens is 374 g/mol. The highest BCUT2D eigenvalue weighted by Crippen LogP contribution is 2.30. The van der Waals surface area contributed by atoms with Gasteiger partial charge in [0.15, 0.2) is 0 Å². The van der Waals surface area contributed by atoms with Crippen LogP contribution in [-0.4, -0.2) is 34.5 Å². The topological polar surface area (TPSA) is 69.7 Å². The van der Waals surface area contributed by atoms with Gasteiger partial charge < -0.3 is 9.80 Å². The number of carbonyl (C=O) groups is 1. The Morgan fingerprint density at radius 3 is 2.29 bits per heavy atom. The summed E-state index contributed by atoms with van der Waals surface area (Å²) >= 11 is 0. The van der Waals surface area contributed by atoms with Gasteiger partial charge in [0.25, 0.3) is 10.0 Å². The smallest absolute Gasteiger partial charge is 0.261 e. The van der Waals surface area contributed by atoms with Gasteiger partial charge in [-0.15, -0.1) is 0 Å². The van der Waals surface area contributed by atoms with Crippen LogP contribution in [-0.2, 0) is 21.2 Å². The van der Waals surface area contributed by atoms with Crippen LogP contribution in [0.2, 0.25) is 0 Å². The van der Waals surface area contributed by atoms with Gasteiger partial charge in [-0.05, 0) is 60.9 Å². The molecule has 1 amide bonds. The zero-order valence-electron chi connectivity index (χ0n) is 16.0. The van der Waals surface area contributed by atoms with Crippen LogP contribution in [0.5, 0.6) is 0 Å². The zero-order chi connectivity index (χ0) is 19.7. The number of rotatable bonds is 4. The Morgan fingerprint density at radius 2 is 1.61 bits per heavy atom. The average molecular weight is 400 g/mol. The molecule has 0 bridgehead atoms. The number of sulfonamides is 1. The Balaban J connectivity index is 1.50. The van der Waals surface area contributed by atoms with E-state index in [4.69, 9.17) is 0 Å². The molecule has 2 aliphatic rings. The first kappa shape index (κ1) is 18.8. The second kappa shape index (κ2) is 7.47. The lowest BCUT2D eigenvalue weighted by Gasteiger charge is -2.22. The van der Waals surface area contributed by atoms with Crippen molar-refractivity contribution in [2.45, 2.75) is 37.0 Å². The lowest BCUT2D eigenvalue weighted by molar-refractivity contribution is -0.117. The van der Waals surface area contributed by atoms with Gasteiger partial charge in [0.05, 0.1) is 11.3 Å². The molecule has 0 aromatic heterocycles. The molecule has 0 unspecified atom stereocenters. The van der Waals surface area contributed by atoms with Crippen molar-refractivity contribution in [2.75, 3.05) is 34.7 Å². The fraction of sp³-hybridized carbons (Fsp3) is 0.381. The lowest BCUT2D eigenvalue weighted by Crippen LogP contribution is -2.23. The maximum absolute atomic E-state index is 12.8. The average Bonchev–Trinajstić information content (AvgIpc) is 2.86. The molecule has 1 N–H and O–H groups in total.